The van der Waals surface area contributed by atoms with Gasteiger partial charge in [0.2, 0.25) is 0 Å². The number of rotatable bonds is 16. The molecule has 5 aromatic rings. The van der Waals surface area contributed by atoms with Crippen molar-refractivity contribution >= 4 is 34.5 Å². The number of furan rings is 1. The van der Waals surface area contributed by atoms with E-state index in [1.807, 2.05) is 0 Å². The lowest BCUT2D eigenvalue weighted by molar-refractivity contribution is 0.00578. The van der Waals surface area contributed by atoms with E-state index in [2.05, 4.69) is 120 Å². The van der Waals surface area contributed by atoms with Gasteiger partial charge >= 0.3 is 7.12 Å². The molecule has 0 saturated carbocycles. The summed E-state index contributed by atoms with van der Waals surface area (Å²) in [4.78, 5) is 0. The molecular formula is C47H59BO3. The van der Waals surface area contributed by atoms with E-state index >= 15 is 0 Å². The molecule has 3 nitrogen and oxygen atoms in total. The van der Waals surface area contributed by atoms with Crippen molar-refractivity contribution in [1.82, 2.24) is 0 Å². The first kappa shape index (κ1) is 36.0. The van der Waals surface area contributed by atoms with E-state index < -0.39 is 7.12 Å². The maximum Gasteiger partial charge on any atom is 0.494 e. The zero-order valence-corrected chi connectivity index (χ0v) is 32.2. The van der Waals surface area contributed by atoms with Gasteiger partial charge in [-0.3, -0.25) is 0 Å². The number of unbranched alkanes of at least 4 members (excludes halogenated alkanes) is 10. The van der Waals surface area contributed by atoms with Crippen LogP contribution in [0.15, 0.2) is 83.3 Å². The van der Waals surface area contributed by atoms with Gasteiger partial charge in [0.1, 0.15) is 11.2 Å². The van der Waals surface area contributed by atoms with Crippen LogP contribution >= 0.6 is 0 Å². The summed E-state index contributed by atoms with van der Waals surface area (Å²) in [6.45, 7) is 13.0. The lowest BCUT2D eigenvalue weighted by Crippen LogP contribution is -2.41. The molecule has 7 rings (SSSR count). The van der Waals surface area contributed by atoms with E-state index in [1.54, 1.807) is 11.1 Å². The Labute approximate surface area is 307 Å². The van der Waals surface area contributed by atoms with Gasteiger partial charge in [-0.15, -0.1) is 0 Å². The van der Waals surface area contributed by atoms with E-state index in [0.717, 1.165) is 27.4 Å². The molecule has 1 aromatic heterocycles. The summed E-state index contributed by atoms with van der Waals surface area (Å²) in [6, 6.07) is 29.7. The lowest BCUT2D eigenvalue weighted by atomic mass is 9.70. The maximum absolute atomic E-state index is 6.42. The quantitative estimate of drug-likeness (QED) is 0.0767. The molecule has 0 spiro atoms. The molecule has 0 N–H and O–H groups in total. The molecule has 0 unspecified atom stereocenters. The number of benzene rings is 4. The van der Waals surface area contributed by atoms with Crippen molar-refractivity contribution in [3.63, 3.8) is 0 Å². The molecule has 1 aliphatic carbocycles. The van der Waals surface area contributed by atoms with Gasteiger partial charge in [0, 0.05) is 16.2 Å². The molecule has 0 amide bonds. The molecule has 1 aliphatic heterocycles. The predicted octanol–water partition coefficient (Wildman–Crippen LogP) is 13.3. The Hall–Kier alpha value is -3.34. The van der Waals surface area contributed by atoms with Gasteiger partial charge in [-0.2, -0.15) is 0 Å². The summed E-state index contributed by atoms with van der Waals surface area (Å²) in [5, 5.41) is 2.24. The van der Waals surface area contributed by atoms with Crippen LogP contribution in [0.5, 0.6) is 0 Å². The monoisotopic (exact) mass is 682 g/mol. The van der Waals surface area contributed by atoms with Gasteiger partial charge in [-0.05, 0) is 104 Å². The van der Waals surface area contributed by atoms with Gasteiger partial charge in [-0.1, -0.05) is 145 Å². The van der Waals surface area contributed by atoms with Crippen LogP contribution in [-0.2, 0) is 14.7 Å². The van der Waals surface area contributed by atoms with Crippen molar-refractivity contribution in [3.8, 4) is 22.3 Å². The molecule has 0 radical (unpaired) electrons. The molecule has 2 heterocycles. The summed E-state index contributed by atoms with van der Waals surface area (Å²) in [7, 11) is -0.405. The topological polar surface area (TPSA) is 31.6 Å². The normalized spacial score (nSPS) is 17.0. The van der Waals surface area contributed by atoms with E-state index in [0.29, 0.717) is 0 Å². The third-order valence-corrected chi connectivity index (χ3v) is 12.5. The molecule has 1 saturated heterocycles. The second kappa shape index (κ2) is 15.0. The first-order valence-corrected chi connectivity index (χ1v) is 20.2. The average molecular weight is 683 g/mol. The summed E-state index contributed by atoms with van der Waals surface area (Å²) in [5.74, 6) is 0. The molecule has 2 aliphatic rings. The van der Waals surface area contributed by atoms with Crippen LogP contribution in [-0.4, -0.2) is 18.3 Å². The molecule has 4 heteroatoms. The van der Waals surface area contributed by atoms with Gasteiger partial charge in [0.25, 0.3) is 0 Å². The van der Waals surface area contributed by atoms with Crippen LogP contribution in [0.25, 0.3) is 44.2 Å². The predicted molar refractivity (Wildman–Crippen MR) is 217 cm³/mol. The fraction of sp³-hybridized carbons (Fsp3) is 0.489. The minimum absolute atomic E-state index is 0.0711. The second-order valence-corrected chi connectivity index (χ2v) is 16.6. The minimum atomic E-state index is -0.405. The fourth-order valence-electron chi connectivity index (χ4n) is 8.81. The SMILES string of the molecule is CCCCCCCCC1(CCCCCCCC)c2ccccc2-c2ccc(-c3ccc4oc5ccc(B6OC(C)(C)C(C)(C)O6)cc5c4c3)cc21. The van der Waals surface area contributed by atoms with Gasteiger partial charge in [0.15, 0.2) is 0 Å². The highest BCUT2D eigenvalue weighted by Crippen LogP contribution is 2.55. The minimum Gasteiger partial charge on any atom is -0.456 e. The van der Waals surface area contributed by atoms with Crippen LogP contribution in [0, 0.1) is 0 Å². The van der Waals surface area contributed by atoms with Crippen molar-refractivity contribution in [2.75, 3.05) is 0 Å². The van der Waals surface area contributed by atoms with Crippen LogP contribution in [0.2, 0.25) is 0 Å². The summed E-state index contributed by atoms with van der Waals surface area (Å²) in [6.07, 6.45) is 18.4. The van der Waals surface area contributed by atoms with Crippen LogP contribution in [0.1, 0.15) is 143 Å². The Kier molecular flexibility index (Phi) is 10.6. The molecule has 0 atom stereocenters. The molecule has 4 aromatic carbocycles. The smallest absolute Gasteiger partial charge is 0.456 e. The van der Waals surface area contributed by atoms with Gasteiger partial charge in [0.05, 0.1) is 11.2 Å². The Balaban J connectivity index is 1.24. The highest BCUT2D eigenvalue weighted by molar-refractivity contribution is 6.62. The standard InChI is InChI=1S/C47H59BO3/c1-7-9-11-13-15-19-29-47(30-20-16-14-12-10-8-2)41-22-18-17-21-37(41)38-26-23-35(32-42(38)47)34-24-27-43-39(31-34)40-33-36(25-28-44(40)49-43)48-50-45(3,4)46(5,6)51-48/h17-18,21-28,31-33H,7-16,19-20,29-30H2,1-6H3. The van der Waals surface area contributed by atoms with E-state index in [-0.39, 0.29) is 16.6 Å². The Morgan fingerprint density at radius 1 is 0.510 bits per heavy atom. The highest BCUT2D eigenvalue weighted by atomic mass is 16.7. The third-order valence-electron chi connectivity index (χ3n) is 12.5. The largest absolute Gasteiger partial charge is 0.494 e. The summed E-state index contributed by atoms with van der Waals surface area (Å²) < 4.78 is 19.2. The van der Waals surface area contributed by atoms with E-state index in [9.17, 15) is 0 Å². The van der Waals surface area contributed by atoms with E-state index in [4.69, 9.17) is 13.7 Å². The third kappa shape index (κ3) is 6.96. The Bertz CT molecular complexity index is 1930. The Morgan fingerprint density at radius 3 is 1.71 bits per heavy atom. The molecule has 268 valence electrons. The van der Waals surface area contributed by atoms with Crippen molar-refractivity contribution in [2.24, 2.45) is 0 Å². The zero-order chi connectivity index (χ0) is 35.6. The highest BCUT2D eigenvalue weighted by Gasteiger charge is 2.51. The zero-order valence-electron chi connectivity index (χ0n) is 32.2. The average Bonchev–Trinajstić information content (AvgIpc) is 3.71. The lowest BCUT2D eigenvalue weighted by Gasteiger charge is -2.33. The number of hydrogen-bond donors (Lipinski definition) is 0. The summed E-state index contributed by atoms with van der Waals surface area (Å²) in [5.41, 5.74) is 10.6. The van der Waals surface area contributed by atoms with Crippen LogP contribution in [0.4, 0.5) is 0 Å². The van der Waals surface area contributed by atoms with Gasteiger partial charge < -0.3 is 13.7 Å². The van der Waals surface area contributed by atoms with Crippen molar-refractivity contribution in [1.29, 1.82) is 0 Å². The van der Waals surface area contributed by atoms with Gasteiger partial charge in [-0.25, -0.2) is 0 Å². The molecule has 0 bridgehead atoms. The molecular weight excluding hydrogens is 623 g/mol. The second-order valence-electron chi connectivity index (χ2n) is 16.6. The summed E-state index contributed by atoms with van der Waals surface area (Å²) >= 11 is 0. The molecule has 1 fully saturated rings. The first-order chi connectivity index (χ1) is 24.7. The van der Waals surface area contributed by atoms with Crippen molar-refractivity contribution < 1.29 is 13.7 Å². The molecule has 51 heavy (non-hydrogen) atoms. The van der Waals surface area contributed by atoms with Crippen LogP contribution in [0.3, 0.4) is 0 Å². The maximum atomic E-state index is 6.42. The number of fused-ring (bicyclic) bond motifs is 6. The number of hydrogen-bond acceptors (Lipinski definition) is 3. The van der Waals surface area contributed by atoms with Crippen molar-refractivity contribution in [2.45, 2.75) is 148 Å². The van der Waals surface area contributed by atoms with E-state index in [1.165, 1.54) is 112 Å². The fourth-order valence-corrected chi connectivity index (χ4v) is 8.81. The van der Waals surface area contributed by atoms with Crippen LogP contribution < -0.4 is 5.46 Å². The first-order valence-electron chi connectivity index (χ1n) is 20.2. The van der Waals surface area contributed by atoms with Crippen molar-refractivity contribution in [3.05, 3.63) is 90.0 Å². The Morgan fingerprint density at radius 2 is 1.04 bits per heavy atom.